The van der Waals surface area contributed by atoms with Crippen LogP contribution in [-0.2, 0) is 4.74 Å². The topological polar surface area (TPSA) is 57.4 Å². The summed E-state index contributed by atoms with van der Waals surface area (Å²) in [5, 5.41) is 0. The molecule has 16 heavy (non-hydrogen) atoms. The molecule has 0 radical (unpaired) electrons. The van der Waals surface area contributed by atoms with Crippen LogP contribution in [0, 0.1) is 0 Å². The SMILES string of the molecule is CC(C)(C)OCCOc1ncc(N)cc1Br. The lowest BCUT2D eigenvalue weighted by molar-refractivity contribution is -0.0168. The van der Waals surface area contributed by atoms with E-state index in [4.69, 9.17) is 15.2 Å². The molecule has 0 aromatic carbocycles. The van der Waals surface area contributed by atoms with Crippen LogP contribution in [0.1, 0.15) is 20.8 Å². The molecule has 4 nitrogen and oxygen atoms in total. The molecule has 1 aromatic heterocycles. The van der Waals surface area contributed by atoms with Gasteiger partial charge in [0.1, 0.15) is 6.61 Å². The molecule has 0 aliphatic heterocycles. The molecule has 0 saturated carbocycles. The Morgan fingerprint density at radius 3 is 2.62 bits per heavy atom. The minimum atomic E-state index is -0.144. The van der Waals surface area contributed by atoms with E-state index >= 15 is 0 Å². The highest BCUT2D eigenvalue weighted by atomic mass is 79.9. The highest BCUT2D eigenvalue weighted by molar-refractivity contribution is 9.10. The van der Waals surface area contributed by atoms with Crippen LogP contribution in [0.2, 0.25) is 0 Å². The van der Waals surface area contributed by atoms with Gasteiger partial charge in [-0.25, -0.2) is 4.98 Å². The van der Waals surface area contributed by atoms with E-state index in [1.165, 1.54) is 0 Å². The first-order valence-corrected chi connectivity index (χ1v) is 5.85. The Bertz CT molecular complexity index is 350. The number of halogens is 1. The van der Waals surface area contributed by atoms with Gasteiger partial charge in [-0.15, -0.1) is 0 Å². The van der Waals surface area contributed by atoms with Gasteiger partial charge in [-0.1, -0.05) is 0 Å². The summed E-state index contributed by atoms with van der Waals surface area (Å²) in [5.74, 6) is 0.534. The van der Waals surface area contributed by atoms with Gasteiger partial charge in [-0.05, 0) is 42.8 Å². The third-order valence-electron chi connectivity index (χ3n) is 1.69. The lowest BCUT2D eigenvalue weighted by Gasteiger charge is -2.19. The quantitative estimate of drug-likeness (QED) is 0.866. The number of nitrogens with zero attached hydrogens (tertiary/aromatic N) is 1. The van der Waals surface area contributed by atoms with Gasteiger partial charge >= 0.3 is 0 Å². The molecule has 0 spiro atoms. The van der Waals surface area contributed by atoms with Crippen molar-refractivity contribution in [3.63, 3.8) is 0 Å². The third kappa shape index (κ3) is 4.81. The molecule has 1 rings (SSSR count). The molecule has 0 aliphatic rings. The van der Waals surface area contributed by atoms with E-state index in [9.17, 15) is 0 Å². The Morgan fingerprint density at radius 2 is 2.06 bits per heavy atom. The van der Waals surface area contributed by atoms with Gasteiger partial charge in [0.2, 0.25) is 5.88 Å². The fourth-order valence-electron chi connectivity index (χ4n) is 1.03. The standard InChI is InChI=1S/C11H17BrN2O2/c1-11(2,3)16-5-4-15-10-9(12)6-8(13)7-14-10/h6-7H,4-5,13H2,1-3H3. The van der Waals surface area contributed by atoms with Crippen molar-refractivity contribution < 1.29 is 9.47 Å². The first-order chi connectivity index (χ1) is 7.38. The smallest absolute Gasteiger partial charge is 0.228 e. The van der Waals surface area contributed by atoms with Gasteiger partial charge in [-0.2, -0.15) is 0 Å². The maximum atomic E-state index is 5.57. The van der Waals surface area contributed by atoms with Crippen molar-refractivity contribution in [2.24, 2.45) is 0 Å². The molecular weight excluding hydrogens is 272 g/mol. The number of ether oxygens (including phenoxy) is 2. The summed E-state index contributed by atoms with van der Waals surface area (Å²) in [4.78, 5) is 4.06. The average Bonchev–Trinajstić information content (AvgIpc) is 2.13. The van der Waals surface area contributed by atoms with Crippen LogP contribution >= 0.6 is 15.9 Å². The summed E-state index contributed by atoms with van der Waals surface area (Å²) < 4.78 is 11.7. The van der Waals surface area contributed by atoms with E-state index in [1.807, 2.05) is 20.8 Å². The molecule has 0 saturated heterocycles. The predicted octanol–water partition coefficient (Wildman–Crippen LogP) is 2.62. The number of anilines is 1. The van der Waals surface area contributed by atoms with E-state index in [2.05, 4.69) is 20.9 Å². The van der Waals surface area contributed by atoms with Crippen LogP contribution in [0.3, 0.4) is 0 Å². The first kappa shape index (κ1) is 13.3. The summed E-state index contributed by atoms with van der Waals surface area (Å²) in [6.45, 7) is 7.01. The van der Waals surface area contributed by atoms with Crippen LogP contribution in [0.25, 0.3) is 0 Å². The van der Waals surface area contributed by atoms with E-state index in [1.54, 1.807) is 12.3 Å². The van der Waals surface area contributed by atoms with Crippen molar-refractivity contribution >= 4 is 21.6 Å². The number of aromatic nitrogens is 1. The van der Waals surface area contributed by atoms with Crippen molar-refractivity contribution in [3.05, 3.63) is 16.7 Å². The Kier molecular flexibility index (Phi) is 4.56. The van der Waals surface area contributed by atoms with Gasteiger partial charge in [0, 0.05) is 0 Å². The number of nitrogen functional groups attached to an aromatic ring is 1. The molecule has 5 heteroatoms. The Labute approximate surface area is 104 Å². The Balaban J connectivity index is 2.38. The second-order valence-corrected chi connectivity index (χ2v) is 5.22. The molecule has 0 unspecified atom stereocenters. The van der Waals surface area contributed by atoms with Gasteiger partial charge in [0.25, 0.3) is 0 Å². The van der Waals surface area contributed by atoms with Crippen LogP contribution < -0.4 is 10.5 Å². The van der Waals surface area contributed by atoms with E-state index in [0.29, 0.717) is 24.8 Å². The number of pyridine rings is 1. The molecule has 90 valence electrons. The number of hydrogen-bond donors (Lipinski definition) is 1. The maximum Gasteiger partial charge on any atom is 0.228 e. The van der Waals surface area contributed by atoms with Gasteiger partial charge in [0.15, 0.2) is 0 Å². The van der Waals surface area contributed by atoms with Gasteiger partial charge in [-0.3, -0.25) is 0 Å². The van der Waals surface area contributed by atoms with Crippen LogP contribution in [0.15, 0.2) is 16.7 Å². The van der Waals surface area contributed by atoms with Crippen molar-refractivity contribution in [1.82, 2.24) is 4.98 Å². The van der Waals surface area contributed by atoms with Crippen molar-refractivity contribution in [2.45, 2.75) is 26.4 Å². The van der Waals surface area contributed by atoms with E-state index < -0.39 is 0 Å². The van der Waals surface area contributed by atoms with Crippen LogP contribution in [0.5, 0.6) is 5.88 Å². The van der Waals surface area contributed by atoms with Crippen molar-refractivity contribution in [1.29, 1.82) is 0 Å². The summed E-state index contributed by atoms with van der Waals surface area (Å²) in [6.07, 6.45) is 1.56. The molecule has 0 amide bonds. The molecule has 1 aromatic rings. The molecule has 0 bridgehead atoms. The highest BCUT2D eigenvalue weighted by Crippen LogP contribution is 2.23. The second-order valence-electron chi connectivity index (χ2n) is 4.36. The molecule has 0 fully saturated rings. The Hall–Kier alpha value is -0.810. The third-order valence-corrected chi connectivity index (χ3v) is 2.25. The van der Waals surface area contributed by atoms with E-state index in [-0.39, 0.29) is 5.60 Å². The van der Waals surface area contributed by atoms with E-state index in [0.717, 1.165) is 4.47 Å². The van der Waals surface area contributed by atoms with Crippen LogP contribution in [-0.4, -0.2) is 23.8 Å². The molecule has 2 N–H and O–H groups in total. The van der Waals surface area contributed by atoms with Crippen LogP contribution in [0.4, 0.5) is 5.69 Å². The zero-order valence-electron chi connectivity index (χ0n) is 9.79. The largest absolute Gasteiger partial charge is 0.474 e. The summed E-state index contributed by atoms with van der Waals surface area (Å²) in [5.41, 5.74) is 6.02. The number of hydrogen-bond acceptors (Lipinski definition) is 4. The molecule has 0 atom stereocenters. The lowest BCUT2D eigenvalue weighted by Crippen LogP contribution is -2.22. The maximum absolute atomic E-state index is 5.57. The monoisotopic (exact) mass is 288 g/mol. The number of nitrogens with two attached hydrogens (primary N) is 1. The minimum absolute atomic E-state index is 0.144. The zero-order chi connectivity index (χ0) is 12.2. The molecular formula is C11H17BrN2O2. The average molecular weight is 289 g/mol. The Morgan fingerprint density at radius 1 is 1.38 bits per heavy atom. The minimum Gasteiger partial charge on any atom is -0.474 e. The zero-order valence-corrected chi connectivity index (χ0v) is 11.4. The van der Waals surface area contributed by atoms with Crippen molar-refractivity contribution in [3.8, 4) is 5.88 Å². The summed E-state index contributed by atoms with van der Waals surface area (Å²) in [6, 6.07) is 1.76. The first-order valence-electron chi connectivity index (χ1n) is 5.06. The normalized spacial score (nSPS) is 11.5. The van der Waals surface area contributed by atoms with Gasteiger partial charge < -0.3 is 15.2 Å². The fourth-order valence-corrected chi connectivity index (χ4v) is 1.51. The summed E-state index contributed by atoms with van der Waals surface area (Å²) >= 11 is 3.33. The molecule has 1 heterocycles. The fraction of sp³-hybridized carbons (Fsp3) is 0.545. The predicted molar refractivity (Wildman–Crippen MR) is 67.5 cm³/mol. The number of rotatable bonds is 4. The highest BCUT2D eigenvalue weighted by Gasteiger charge is 2.10. The lowest BCUT2D eigenvalue weighted by atomic mass is 10.2. The summed E-state index contributed by atoms with van der Waals surface area (Å²) in [7, 11) is 0. The van der Waals surface area contributed by atoms with Gasteiger partial charge in [0.05, 0.1) is 28.6 Å². The molecule has 0 aliphatic carbocycles. The second kappa shape index (κ2) is 5.50. The van der Waals surface area contributed by atoms with Crippen molar-refractivity contribution in [2.75, 3.05) is 18.9 Å².